The van der Waals surface area contributed by atoms with Crippen molar-refractivity contribution in [2.75, 3.05) is 50.8 Å². The zero-order chi connectivity index (χ0) is 30.0. The molecule has 1 saturated heterocycles. The molecule has 1 fully saturated rings. The van der Waals surface area contributed by atoms with Gasteiger partial charge in [-0.2, -0.15) is 0 Å². The van der Waals surface area contributed by atoms with Crippen LogP contribution in [0.5, 0.6) is 0 Å². The van der Waals surface area contributed by atoms with Crippen molar-refractivity contribution in [2.24, 2.45) is 0 Å². The molecule has 3 heterocycles. The molecule has 15 nitrogen and oxygen atoms in total. The van der Waals surface area contributed by atoms with E-state index in [1.165, 1.54) is 11.0 Å². The van der Waals surface area contributed by atoms with Gasteiger partial charge in [0.2, 0.25) is 15.9 Å². The summed E-state index contributed by atoms with van der Waals surface area (Å²) in [6.07, 6.45) is 2.47. The van der Waals surface area contributed by atoms with E-state index in [1.54, 1.807) is 24.3 Å². The number of likely N-dealkylation sites (N-methyl/N-ethyl adjacent to an activating group) is 1. The van der Waals surface area contributed by atoms with Crippen molar-refractivity contribution in [1.29, 1.82) is 0 Å². The van der Waals surface area contributed by atoms with Crippen molar-refractivity contribution in [3.8, 4) is 0 Å². The Kier molecular flexibility index (Phi) is 11.6. The van der Waals surface area contributed by atoms with Crippen LogP contribution < -0.4 is 15.5 Å². The first kappa shape index (κ1) is 31.9. The Morgan fingerprint density at radius 3 is 2.61 bits per heavy atom. The van der Waals surface area contributed by atoms with E-state index in [0.29, 0.717) is 50.5 Å². The number of aromatic nitrogens is 2. The molecule has 1 unspecified atom stereocenters. The molecule has 4 N–H and O–H groups in total. The van der Waals surface area contributed by atoms with Gasteiger partial charge in [0.1, 0.15) is 23.3 Å². The first-order chi connectivity index (χ1) is 19.5. The molecule has 0 bridgehead atoms. The van der Waals surface area contributed by atoms with E-state index in [9.17, 15) is 27.9 Å². The summed E-state index contributed by atoms with van der Waals surface area (Å²) in [4.78, 5) is 44.3. The number of aliphatic carboxylic acids is 1. The summed E-state index contributed by atoms with van der Waals surface area (Å²) >= 11 is 0. The van der Waals surface area contributed by atoms with E-state index >= 15 is 0 Å². The van der Waals surface area contributed by atoms with Gasteiger partial charge in [-0.1, -0.05) is 24.6 Å². The van der Waals surface area contributed by atoms with Crippen LogP contribution in [0.25, 0.3) is 0 Å². The summed E-state index contributed by atoms with van der Waals surface area (Å²) in [6, 6.07) is 3.39. The third-order valence-electron chi connectivity index (χ3n) is 6.46. The van der Waals surface area contributed by atoms with Crippen LogP contribution in [0.1, 0.15) is 36.8 Å². The molecule has 41 heavy (non-hydrogen) atoms. The zero-order valence-electron chi connectivity index (χ0n) is 23.5. The van der Waals surface area contributed by atoms with Gasteiger partial charge in [0.15, 0.2) is 0 Å². The predicted molar refractivity (Wildman–Crippen MR) is 149 cm³/mol. The number of carbonyl (C=O) groups is 3. The second-order valence-corrected chi connectivity index (χ2v) is 11.8. The van der Waals surface area contributed by atoms with E-state index in [-0.39, 0.29) is 43.0 Å². The molecule has 0 radical (unpaired) electrons. The van der Waals surface area contributed by atoms with Gasteiger partial charge in [-0.15, -0.1) is 0 Å². The topological polar surface area (TPSA) is 190 Å². The summed E-state index contributed by atoms with van der Waals surface area (Å²) in [5.41, 5.74) is 4.06. The summed E-state index contributed by atoms with van der Waals surface area (Å²) in [5.74, 6) is -0.947. The van der Waals surface area contributed by atoms with Gasteiger partial charge in [0.05, 0.1) is 18.8 Å². The number of carboxylic acid groups (broad SMARTS) is 1. The minimum atomic E-state index is -3.75. The number of piperazine rings is 1. The smallest absolute Gasteiger partial charge is 0.334 e. The molecule has 0 aromatic carbocycles. The average molecular weight is 595 g/mol. The second-order valence-electron chi connectivity index (χ2n) is 9.92. The summed E-state index contributed by atoms with van der Waals surface area (Å²) in [6.45, 7) is 6.22. The molecule has 2 aromatic rings. The summed E-state index contributed by atoms with van der Waals surface area (Å²) in [5, 5.41) is 17.9. The van der Waals surface area contributed by atoms with Crippen LogP contribution in [0.15, 0.2) is 28.9 Å². The molecule has 3 amide bonds. The van der Waals surface area contributed by atoms with Crippen molar-refractivity contribution in [3.63, 3.8) is 0 Å². The number of aryl methyl sites for hydroxylation is 1. The number of urea groups is 1. The lowest BCUT2D eigenvalue weighted by molar-refractivity contribution is -0.139. The van der Waals surface area contributed by atoms with Gasteiger partial charge in [-0.25, -0.2) is 27.9 Å². The molecule has 2 aromatic heterocycles. The molecule has 0 spiro atoms. The number of amides is 3. The Bertz CT molecular complexity index is 1290. The fourth-order valence-electron chi connectivity index (χ4n) is 4.07. The number of hydrazine groups is 1. The molecule has 226 valence electrons. The minimum absolute atomic E-state index is 0.136. The second kappa shape index (κ2) is 14.9. The average Bonchev–Trinajstić information content (AvgIpc) is 3.36. The third kappa shape index (κ3) is 10.4. The predicted octanol–water partition coefficient (Wildman–Crippen LogP) is 0.406. The SMILES string of the molecule is CCCCS(=O)(=O)NC(Cc1cc(CN(C)C(=O)CN2CCN(NC(=O)Nc3ncccc3C)CC2)no1)C(=O)O. The first-order valence-corrected chi connectivity index (χ1v) is 15.0. The van der Waals surface area contributed by atoms with E-state index in [1.807, 2.05) is 24.8 Å². The van der Waals surface area contributed by atoms with Crippen molar-refractivity contribution >= 4 is 33.7 Å². The van der Waals surface area contributed by atoms with Crippen molar-refractivity contribution in [2.45, 2.75) is 45.7 Å². The highest BCUT2D eigenvalue weighted by molar-refractivity contribution is 7.89. The Hall–Kier alpha value is -3.60. The monoisotopic (exact) mass is 594 g/mol. The van der Waals surface area contributed by atoms with Crippen LogP contribution in [0.2, 0.25) is 0 Å². The number of anilines is 1. The van der Waals surface area contributed by atoms with Crippen LogP contribution in [-0.2, 0) is 32.6 Å². The third-order valence-corrected chi connectivity index (χ3v) is 7.93. The van der Waals surface area contributed by atoms with Crippen LogP contribution in [-0.4, -0.2) is 108 Å². The molecule has 1 atom stereocenters. The summed E-state index contributed by atoms with van der Waals surface area (Å²) < 4.78 is 31.7. The van der Waals surface area contributed by atoms with E-state index in [2.05, 4.69) is 25.6 Å². The maximum absolute atomic E-state index is 12.8. The van der Waals surface area contributed by atoms with Crippen molar-refractivity contribution < 1.29 is 32.4 Å². The first-order valence-electron chi connectivity index (χ1n) is 13.3. The number of hydrogen-bond acceptors (Lipinski definition) is 10. The zero-order valence-corrected chi connectivity index (χ0v) is 24.3. The standard InChI is InChI=1S/C25H38N8O7S/c1-4-5-13-41(38,39)30-21(24(35)36)15-20-14-19(29-40-20)16-31(3)22(34)17-32-9-11-33(12-10-32)28-25(37)27-23-18(2)7-6-8-26-23/h6-8,14,21,30H,4-5,9-13,15-17H2,1-3H3,(H,35,36)(H2,26,27,28,37). The van der Waals surface area contributed by atoms with Gasteiger partial charge in [0.25, 0.3) is 0 Å². The lowest BCUT2D eigenvalue weighted by atomic mass is 10.2. The van der Waals surface area contributed by atoms with Crippen LogP contribution in [0.3, 0.4) is 0 Å². The molecule has 1 aliphatic heterocycles. The van der Waals surface area contributed by atoms with Crippen molar-refractivity contribution in [3.05, 3.63) is 41.4 Å². The number of nitrogens with one attached hydrogen (secondary N) is 3. The van der Waals surface area contributed by atoms with E-state index < -0.39 is 22.0 Å². The maximum Gasteiger partial charge on any atom is 0.334 e. The number of carboxylic acids is 1. The number of hydrogen-bond donors (Lipinski definition) is 4. The highest BCUT2D eigenvalue weighted by Crippen LogP contribution is 2.12. The lowest BCUT2D eigenvalue weighted by Gasteiger charge is -2.34. The molecule has 1 aliphatic rings. The van der Waals surface area contributed by atoms with Gasteiger partial charge >= 0.3 is 12.0 Å². The molecular weight excluding hydrogens is 556 g/mol. The molecular formula is C25H38N8O7S. The highest BCUT2D eigenvalue weighted by atomic mass is 32.2. The molecule has 3 rings (SSSR count). The van der Waals surface area contributed by atoms with E-state index in [0.717, 1.165) is 5.56 Å². The maximum atomic E-state index is 12.8. The number of carbonyl (C=O) groups excluding carboxylic acids is 2. The number of rotatable bonds is 14. The number of unbranched alkanes of at least 4 members (excludes halogenated alkanes) is 1. The number of sulfonamides is 1. The molecule has 16 heteroatoms. The van der Waals surface area contributed by atoms with Crippen LogP contribution >= 0.6 is 0 Å². The molecule has 0 saturated carbocycles. The molecule has 0 aliphatic carbocycles. The van der Waals surface area contributed by atoms with Gasteiger partial charge in [-0.3, -0.25) is 25.2 Å². The lowest BCUT2D eigenvalue weighted by Crippen LogP contribution is -2.55. The Labute approximate surface area is 239 Å². The van der Waals surface area contributed by atoms with Gasteiger partial charge < -0.3 is 14.5 Å². The quantitative estimate of drug-likeness (QED) is 0.237. The van der Waals surface area contributed by atoms with Crippen LogP contribution in [0, 0.1) is 6.92 Å². The fourth-order valence-corrected chi connectivity index (χ4v) is 5.48. The van der Waals surface area contributed by atoms with Gasteiger partial charge in [0, 0.05) is 51.9 Å². The normalized spacial score (nSPS) is 15.3. The number of nitrogens with zero attached hydrogens (tertiary/aromatic N) is 5. The largest absolute Gasteiger partial charge is 0.480 e. The van der Waals surface area contributed by atoms with E-state index in [4.69, 9.17) is 4.52 Å². The Morgan fingerprint density at radius 2 is 1.95 bits per heavy atom. The fraction of sp³-hybridized carbons (Fsp3) is 0.560. The minimum Gasteiger partial charge on any atom is -0.480 e. The Morgan fingerprint density at radius 1 is 1.22 bits per heavy atom. The highest BCUT2D eigenvalue weighted by Gasteiger charge is 2.26. The number of pyridine rings is 1. The summed E-state index contributed by atoms with van der Waals surface area (Å²) in [7, 11) is -2.12. The Balaban J connectivity index is 1.42. The van der Waals surface area contributed by atoms with Crippen LogP contribution in [0.4, 0.5) is 10.6 Å². The van der Waals surface area contributed by atoms with Crippen molar-refractivity contribution in [1.82, 2.24) is 35.1 Å². The van der Waals surface area contributed by atoms with Gasteiger partial charge in [-0.05, 0) is 25.0 Å².